The number of nitrogens with one attached hydrogen (secondary N) is 9. The van der Waals surface area contributed by atoms with Crippen molar-refractivity contribution in [2.75, 3.05) is 38.5 Å². The van der Waals surface area contributed by atoms with Gasteiger partial charge in [0.05, 0.1) is 13.0 Å². The van der Waals surface area contributed by atoms with Gasteiger partial charge >= 0.3 is 0 Å². The van der Waals surface area contributed by atoms with Crippen molar-refractivity contribution in [2.45, 2.75) is 171 Å². The fourth-order valence-electron chi connectivity index (χ4n) is 10.6. The summed E-state index contributed by atoms with van der Waals surface area (Å²) >= 11 is 0. The van der Waals surface area contributed by atoms with Crippen LogP contribution in [0.5, 0.6) is 0 Å². The van der Waals surface area contributed by atoms with E-state index in [1.807, 2.05) is 30.3 Å². The molecule has 26 nitrogen and oxygen atoms in total. The zero-order chi connectivity index (χ0) is 63.6. The van der Waals surface area contributed by atoms with E-state index in [2.05, 4.69) is 52.8 Å². The Bertz CT molecular complexity index is 2720. The average Bonchev–Trinajstić information content (AvgIpc) is 3.14. The van der Waals surface area contributed by atoms with Crippen LogP contribution in [-0.2, 0) is 65.6 Å². The summed E-state index contributed by atoms with van der Waals surface area (Å²) in [4.78, 5) is 160. The third-order valence-electron chi connectivity index (χ3n) is 15.6. The smallest absolute Gasteiger partial charge is 0.246 e. The monoisotopic (exact) mass is 1250 g/mol. The van der Waals surface area contributed by atoms with Crippen molar-refractivity contribution < 1.29 is 52.7 Å². The lowest BCUT2D eigenvalue weighted by Crippen LogP contribution is -2.62. The zero-order valence-electron chi connectivity index (χ0n) is 50.2. The lowest BCUT2D eigenvalue weighted by Gasteiger charge is -2.37. The first-order valence-electron chi connectivity index (χ1n) is 29.9. The Labute approximate surface area is 516 Å². The van der Waals surface area contributed by atoms with E-state index in [4.69, 9.17) is 22.9 Å². The van der Waals surface area contributed by atoms with Gasteiger partial charge in [0.25, 0.3) is 0 Å². The number of carbonyl (C=O) groups excluding carboxylic acids is 11. The Morgan fingerprint density at radius 1 is 0.736 bits per heavy atom. The molecule has 0 bridgehead atoms. The molecule has 2 saturated heterocycles. The van der Waals surface area contributed by atoms with Crippen LogP contribution in [0.4, 0.5) is 0 Å². The van der Waals surface area contributed by atoms with E-state index in [1.54, 1.807) is 58.0 Å². The van der Waals surface area contributed by atoms with Gasteiger partial charge in [0.1, 0.15) is 48.3 Å². The van der Waals surface area contributed by atoms with Gasteiger partial charge in [-0.2, -0.15) is 0 Å². The SMILES string of the molecule is CC[C@H](C)[C@@H]1NC(=O)[C@H](Cc2ccccc2)NC(=O)C(Cc2ccccc2)NC(=O)CC2(CCCCC2)SSC[C@@H](C(=O)N2CCC[C@H]2C(=O)N[C@@H](CCCN=C(N)N)C(=O)NCC(=O)N[C@@H](C(=O)NCCN)C(C)C)NC(=O)C(CC(N)=O)NC1=O. The van der Waals surface area contributed by atoms with Crippen LogP contribution in [0.15, 0.2) is 65.7 Å². The molecule has 1 aliphatic carbocycles. The Balaban J connectivity index is 1.48. The molecule has 2 heterocycles. The second-order valence-electron chi connectivity index (χ2n) is 22.8. The van der Waals surface area contributed by atoms with Crippen LogP contribution in [0.2, 0.25) is 0 Å². The maximum atomic E-state index is 15.2. The van der Waals surface area contributed by atoms with Gasteiger partial charge < -0.3 is 75.7 Å². The topological polar surface area (TPSA) is 416 Å². The molecule has 2 aliphatic heterocycles. The first-order valence-corrected chi connectivity index (χ1v) is 32.2. The van der Waals surface area contributed by atoms with Crippen molar-refractivity contribution >= 4 is 92.5 Å². The molecular weight excluding hydrogens is 1160 g/mol. The molecule has 87 heavy (non-hydrogen) atoms. The third-order valence-corrected chi connectivity index (χ3v) is 18.9. The highest BCUT2D eigenvalue weighted by Crippen LogP contribution is 2.48. The predicted molar refractivity (Wildman–Crippen MR) is 332 cm³/mol. The Morgan fingerprint density at radius 3 is 1.94 bits per heavy atom. The summed E-state index contributed by atoms with van der Waals surface area (Å²) in [5, 5.41) is 24.6. The van der Waals surface area contributed by atoms with E-state index in [0.29, 0.717) is 31.2 Å². The molecule has 5 rings (SSSR count). The van der Waals surface area contributed by atoms with Gasteiger partial charge in [0, 0.05) is 55.9 Å². The lowest BCUT2D eigenvalue weighted by atomic mass is 9.85. The van der Waals surface area contributed by atoms with Gasteiger partial charge in [-0.1, -0.05) is 136 Å². The van der Waals surface area contributed by atoms with Crippen molar-refractivity contribution in [1.29, 1.82) is 0 Å². The first kappa shape index (κ1) is 70.3. The van der Waals surface area contributed by atoms with E-state index in [1.165, 1.54) is 26.5 Å². The fraction of sp³-hybridized carbons (Fsp3) is 0.593. The number of likely N-dealkylation sites (tertiary alicyclic amines) is 1. The largest absolute Gasteiger partial charge is 0.370 e. The average molecular weight is 1250 g/mol. The normalized spacial score (nSPS) is 22.6. The van der Waals surface area contributed by atoms with Gasteiger partial charge in [-0.15, -0.1) is 0 Å². The van der Waals surface area contributed by atoms with Gasteiger partial charge in [0.15, 0.2) is 5.96 Å². The predicted octanol–water partition coefficient (Wildman–Crippen LogP) is -0.833. The van der Waals surface area contributed by atoms with Crippen LogP contribution in [0.25, 0.3) is 0 Å². The van der Waals surface area contributed by atoms with Gasteiger partial charge in [-0.05, 0) is 61.5 Å². The van der Waals surface area contributed by atoms with Crippen LogP contribution in [0.1, 0.15) is 116 Å². The number of hydrogen-bond acceptors (Lipinski definition) is 15. The summed E-state index contributed by atoms with van der Waals surface area (Å²) in [6.45, 7) is 6.89. The second-order valence-corrected chi connectivity index (χ2v) is 25.6. The Hall–Kier alpha value is -7.46. The maximum absolute atomic E-state index is 15.2. The Kier molecular flexibility index (Phi) is 28.6. The third kappa shape index (κ3) is 22.6. The van der Waals surface area contributed by atoms with Crippen LogP contribution in [-0.4, -0.2) is 167 Å². The van der Waals surface area contributed by atoms with Crippen molar-refractivity contribution in [3.63, 3.8) is 0 Å². The molecular formula is C59H89N15O11S2. The highest BCUT2D eigenvalue weighted by molar-refractivity contribution is 8.77. The second kappa shape index (κ2) is 35.4. The maximum Gasteiger partial charge on any atom is 0.246 e. The molecule has 3 fully saturated rings. The molecule has 9 atom stereocenters. The van der Waals surface area contributed by atoms with Crippen LogP contribution in [0, 0.1) is 11.8 Å². The molecule has 0 aromatic heterocycles. The van der Waals surface area contributed by atoms with Crippen LogP contribution in [0.3, 0.4) is 0 Å². The van der Waals surface area contributed by atoms with Gasteiger partial charge in [-0.25, -0.2) is 0 Å². The number of aliphatic imine (C=N–C) groups is 1. The molecule has 2 unspecified atom stereocenters. The number of amides is 11. The van der Waals surface area contributed by atoms with Gasteiger partial charge in [0.2, 0.25) is 65.0 Å². The molecule has 478 valence electrons. The van der Waals surface area contributed by atoms with Gasteiger partial charge in [-0.3, -0.25) is 57.7 Å². The molecule has 0 radical (unpaired) electrons. The molecule has 28 heteroatoms. The Morgan fingerprint density at radius 2 is 1.34 bits per heavy atom. The number of nitrogens with zero attached hydrogens (tertiary/aromatic N) is 2. The minimum atomic E-state index is -1.67. The zero-order valence-corrected chi connectivity index (χ0v) is 51.8. The van der Waals surface area contributed by atoms with E-state index in [9.17, 15) is 47.9 Å². The summed E-state index contributed by atoms with van der Waals surface area (Å²) in [6, 6.07) is 7.80. The van der Waals surface area contributed by atoms with Crippen molar-refractivity contribution in [2.24, 2.45) is 39.8 Å². The number of primary amides is 1. The van der Waals surface area contributed by atoms with E-state index in [0.717, 1.165) is 24.8 Å². The number of hydrogen-bond donors (Lipinski definition) is 13. The van der Waals surface area contributed by atoms with E-state index in [-0.39, 0.29) is 82.3 Å². The van der Waals surface area contributed by atoms with Crippen molar-refractivity contribution in [3.8, 4) is 0 Å². The number of benzene rings is 2. The molecule has 1 spiro atoms. The lowest BCUT2D eigenvalue weighted by molar-refractivity contribution is -0.142. The quantitative estimate of drug-likeness (QED) is 0.0279. The summed E-state index contributed by atoms with van der Waals surface area (Å²) in [7, 11) is 2.59. The van der Waals surface area contributed by atoms with Crippen molar-refractivity contribution in [3.05, 3.63) is 71.8 Å². The fourth-order valence-corrected chi connectivity index (χ4v) is 14.0. The number of rotatable bonds is 23. The minimum absolute atomic E-state index is 0.00636. The first-order chi connectivity index (χ1) is 41.5. The number of nitrogens with two attached hydrogens (primary N) is 4. The highest BCUT2D eigenvalue weighted by atomic mass is 33.1. The van der Waals surface area contributed by atoms with Crippen molar-refractivity contribution in [1.82, 2.24) is 52.8 Å². The summed E-state index contributed by atoms with van der Waals surface area (Å²) in [6.07, 6.45) is 3.96. The molecule has 17 N–H and O–H groups in total. The van der Waals surface area contributed by atoms with E-state index >= 15 is 4.79 Å². The molecule has 1 saturated carbocycles. The minimum Gasteiger partial charge on any atom is -0.370 e. The van der Waals surface area contributed by atoms with Crippen LogP contribution >= 0.6 is 21.6 Å². The van der Waals surface area contributed by atoms with E-state index < -0.39 is 137 Å². The van der Waals surface area contributed by atoms with Crippen LogP contribution < -0.4 is 70.8 Å². The molecule has 3 aliphatic rings. The molecule has 2 aromatic rings. The summed E-state index contributed by atoms with van der Waals surface area (Å²) < 4.78 is -0.717. The molecule has 11 amide bonds. The summed E-state index contributed by atoms with van der Waals surface area (Å²) in [5.41, 5.74) is 23.8. The number of guanidine groups is 1. The highest BCUT2D eigenvalue weighted by Gasteiger charge is 2.43. The summed E-state index contributed by atoms with van der Waals surface area (Å²) in [5.74, 6) is -9.19. The number of carbonyl (C=O) groups is 11. The standard InChI is InChI=1S/C59H89N15O11S2/c1-5-36(4)49-56(84)70-42(31-45(61)75)52(80)71-43(57(85)74-28-16-22-44(74)54(82)68-39(21-15-26-65-58(62)63)50(78)66-33-47(77)72-48(35(2)3)55(83)64-27-25-60)34-86-87-59(23-13-8-14-24-59)32-46(76)67-40(29-37-17-9-6-10-18-37)51(79)69-41(53(81)73-49)30-38-19-11-7-12-20-38/h6-7,9-12,17-20,35-36,39-44,48-49H,5,8,13-16,21-34,60H2,1-4H3,(H2,61,75)(H,64,83)(H,66,78)(H,67,76)(H,68,82)(H,69,79)(H,70,84)(H,71,80)(H,72,77)(H,73,81)(H4,62,63,65)/t36-,39-,40?,41-,42?,43-,44-,48+,49-/m0/s1. The molecule has 2 aromatic carbocycles.